The van der Waals surface area contributed by atoms with Crippen molar-refractivity contribution in [2.45, 2.75) is 26.7 Å². The predicted octanol–water partition coefficient (Wildman–Crippen LogP) is 1.76. The highest BCUT2D eigenvalue weighted by Crippen LogP contribution is 2.23. The number of rotatable bonds is 7. The Morgan fingerprint density at radius 3 is 2.68 bits per heavy atom. The number of benzene rings is 1. The molecule has 0 unspecified atom stereocenters. The van der Waals surface area contributed by atoms with E-state index < -0.39 is 5.41 Å². The first-order valence-electron chi connectivity index (χ1n) is 6.31. The van der Waals surface area contributed by atoms with Crippen molar-refractivity contribution in [2.75, 3.05) is 13.2 Å². The van der Waals surface area contributed by atoms with Gasteiger partial charge in [0.2, 0.25) is 0 Å². The number of nitrogens with zero attached hydrogens (tertiary/aromatic N) is 1. The number of hydrogen-bond acceptors (Lipinski definition) is 4. The van der Waals surface area contributed by atoms with E-state index in [0.29, 0.717) is 19.4 Å². The van der Waals surface area contributed by atoms with Crippen LogP contribution in [0.2, 0.25) is 0 Å². The summed E-state index contributed by atoms with van der Waals surface area (Å²) < 4.78 is 5.72. The lowest BCUT2D eigenvalue weighted by Crippen LogP contribution is -2.33. The van der Waals surface area contributed by atoms with Gasteiger partial charge in [-0.15, -0.1) is 0 Å². The number of aliphatic hydroxyl groups excluding tert-OH is 1. The molecule has 4 N–H and O–H groups in total. The van der Waals surface area contributed by atoms with Gasteiger partial charge in [0.05, 0.1) is 6.61 Å². The topological polar surface area (TPSA) is 88.1 Å². The summed E-state index contributed by atoms with van der Waals surface area (Å²) in [6.45, 7) is 4.34. The first-order chi connectivity index (χ1) is 9.01. The molecule has 0 saturated carbocycles. The SMILES string of the molecule is CC(C)(CCOc1ccccc1CCO)/C(N)=N/O. The predicted molar refractivity (Wildman–Crippen MR) is 74.5 cm³/mol. The number of hydrogen-bond donors (Lipinski definition) is 3. The standard InChI is InChI=1S/C14H22N2O3/c1-14(2,13(15)16-18)8-10-19-12-6-4-3-5-11(12)7-9-17/h3-6,17-18H,7-10H2,1-2H3,(H2,15,16). The molecular weight excluding hydrogens is 244 g/mol. The van der Waals surface area contributed by atoms with Gasteiger partial charge in [0.1, 0.15) is 11.6 Å². The average molecular weight is 266 g/mol. The summed E-state index contributed by atoms with van der Waals surface area (Å²) in [5.41, 5.74) is 6.18. The van der Waals surface area contributed by atoms with E-state index in [0.717, 1.165) is 11.3 Å². The van der Waals surface area contributed by atoms with Crippen LogP contribution >= 0.6 is 0 Å². The molecule has 0 heterocycles. The third-order valence-electron chi connectivity index (χ3n) is 3.14. The van der Waals surface area contributed by atoms with E-state index in [1.54, 1.807) is 0 Å². The molecular formula is C14H22N2O3. The molecule has 0 aliphatic rings. The van der Waals surface area contributed by atoms with E-state index in [2.05, 4.69) is 5.16 Å². The Labute approximate surface area is 113 Å². The van der Waals surface area contributed by atoms with Crippen LogP contribution in [-0.4, -0.2) is 29.4 Å². The molecule has 5 heteroatoms. The van der Waals surface area contributed by atoms with E-state index in [1.165, 1.54) is 0 Å². The van der Waals surface area contributed by atoms with Crippen molar-refractivity contribution in [2.24, 2.45) is 16.3 Å². The van der Waals surface area contributed by atoms with E-state index >= 15 is 0 Å². The zero-order valence-corrected chi connectivity index (χ0v) is 11.5. The van der Waals surface area contributed by atoms with Gasteiger partial charge in [-0.2, -0.15) is 0 Å². The minimum atomic E-state index is -0.416. The van der Waals surface area contributed by atoms with Crippen molar-refractivity contribution in [1.82, 2.24) is 0 Å². The minimum Gasteiger partial charge on any atom is -0.493 e. The number of para-hydroxylation sites is 1. The maximum atomic E-state index is 8.99. The first kappa shape index (κ1) is 15.3. The molecule has 106 valence electrons. The second-order valence-electron chi connectivity index (χ2n) is 5.05. The van der Waals surface area contributed by atoms with Gasteiger partial charge in [-0.05, 0) is 24.5 Å². The van der Waals surface area contributed by atoms with Crippen LogP contribution in [0.3, 0.4) is 0 Å². The molecule has 0 fully saturated rings. The maximum Gasteiger partial charge on any atom is 0.144 e. The number of aliphatic hydroxyl groups is 1. The second-order valence-corrected chi connectivity index (χ2v) is 5.05. The average Bonchev–Trinajstić information content (AvgIpc) is 2.40. The van der Waals surface area contributed by atoms with Crippen LogP contribution in [-0.2, 0) is 6.42 Å². The summed E-state index contributed by atoms with van der Waals surface area (Å²) in [4.78, 5) is 0. The lowest BCUT2D eigenvalue weighted by Gasteiger charge is -2.23. The van der Waals surface area contributed by atoms with Crippen molar-refractivity contribution >= 4 is 5.84 Å². The van der Waals surface area contributed by atoms with Gasteiger partial charge in [0.15, 0.2) is 0 Å². The summed E-state index contributed by atoms with van der Waals surface area (Å²) >= 11 is 0. The fourth-order valence-corrected chi connectivity index (χ4v) is 1.65. The van der Waals surface area contributed by atoms with Gasteiger partial charge < -0.3 is 20.8 Å². The van der Waals surface area contributed by atoms with Crippen molar-refractivity contribution in [3.63, 3.8) is 0 Å². The lowest BCUT2D eigenvalue weighted by atomic mass is 9.88. The van der Waals surface area contributed by atoms with Gasteiger partial charge >= 0.3 is 0 Å². The molecule has 1 aromatic rings. The summed E-state index contributed by atoms with van der Waals surface area (Å²) in [5, 5.41) is 20.7. The molecule has 1 aromatic carbocycles. The molecule has 5 nitrogen and oxygen atoms in total. The van der Waals surface area contributed by atoms with E-state index in [-0.39, 0.29) is 12.4 Å². The van der Waals surface area contributed by atoms with Crippen LogP contribution < -0.4 is 10.5 Å². The molecule has 0 saturated heterocycles. The molecule has 0 atom stereocenters. The molecule has 0 aliphatic carbocycles. The van der Waals surface area contributed by atoms with Gasteiger partial charge in [-0.25, -0.2) is 0 Å². The van der Waals surface area contributed by atoms with Crippen molar-refractivity contribution in [3.05, 3.63) is 29.8 Å². The molecule has 1 rings (SSSR count). The summed E-state index contributed by atoms with van der Waals surface area (Å²) in [6, 6.07) is 7.62. The molecule has 0 spiro atoms. The highest BCUT2D eigenvalue weighted by Gasteiger charge is 2.23. The van der Waals surface area contributed by atoms with Gasteiger partial charge in [-0.3, -0.25) is 0 Å². The second kappa shape index (κ2) is 6.99. The largest absolute Gasteiger partial charge is 0.493 e. The molecule has 0 amide bonds. The summed E-state index contributed by atoms with van der Waals surface area (Å²) in [5.74, 6) is 0.964. The van der Waals surface area contributed by atoms with Crippen molar-refractivity contribution in [3.8, 4) is 5.75 Å². The van der Waals surface area contributed by atoms with Crippen LogP contribution in [0.4, 0.5) is 0 Å². The highest BCUT2D eigenvalue weighted by molar-refractivity contribution is 5.85. The minimum absolute atomic E-state index is 0.0932. The zero-order valence-electron chi connectivity index (χ0n) is 11.5. The van der Waals surface area contributed by atoms with Gasteiger partial charge in [-0.1, -0.05) is 37.2 Å². The Kier molecular flexibility index (Phi) is 5.63. The maximum absolute atomic E-state index is 8.99. The number of oxime groups is 1. The normalized spacial score (nSPS) is 12.5. The molecule has 19 heavy (non-hydrogen) atoms. The monoisotopic (exact) mass is 266 g/mol. The van der Waals surface area contributed by atoms with E-state index in [1.807, 2.05) is 38.1 Å². The highest BCUT2D eigenvalue weighted by atomic mass is 16.5. The first-order valence-corrected chi connectivity index (χ1v) is 6.31. The van der Waals surface area contributed by atoms with Crippen LogP contribution in [0.15, 0.2) is 29.4 Å². The Morgan fingerprint density at radius 1 is 1.37 bits per heavy atom. The van der Waals surface area contributed by atoms with Crippen LogP contribution in [0.1, 0.15) is 25.8 Å². The molecule has 0 radical (unpaired) electrons. The third kappa shape index (κ3) is 4.44. The number of amidine groups is 1. The molecule has 0 aliphatic heterocycles. The fraction of sp³-hybridized carbons (Fsp3) is 0.500. The lowest BCUT2D eigenvalue weighted by molar-refractivity contribution is 0.254. The van der Waals surface area contributed by atoms with Crippen LogP contribution in [0.5, 0.6) is 5.75 Å². The molecule has 0 aromatic heterocycles. The van der Waals surface area contributed by atoms with Crippen molar-refractivity contribution < 1.29 is 15.1 Å². The Balaban J connectivity index is 2.58. The van der Waals surface area contributed by atoms with E-state index in [9.17, 15) is 0 Å². The zero-order chi connectivity index (χ0) is 14.3. The fourth-order valence-electron chi connectivity index (χ4n) is 1.65. The Hall–Kier alpha value is -1.75. The Bertz CT molecular complexity index is 430. The van der Waals surface area contributed by atoms with Crippen molar-refractivity contribution in [1.29, 1.82) is 0 Å². The summed E-state index contributed by atoms with van der Waals surface area (Å²) in [7, 11) is 0. The van der Waals surface area contributed by atoms with Crippen LogP contribution in [0.25, 0.3) is 0 Å². The quantitative estimate of drug-likeness (QED) is 0.304. The van der Waals surface area contributed by atoms with Gasteiger partial charge in [0.25, 0.3) is 0 Å². The Morgan fingerprint density at radius 2 is 2.05 bits per heavy atom. The third-order valence-corrected chi connectivity index (χ3v) is 3.14. The smallest absolute Gasteiger partial charge is 0.144 e. The van der Waals surface area contributed by atoms with Crippen LogP contribution in [0, 0.1) is 5.41 Å². The van der Waals surface area contributed by atoms with Gasteiger partial charge in [0, 0.05) is 12.0 Å². The summed E-state index contributed by atoms with van der Waals surface area (Å²) in [6.07, 6.45) is 1.20. The number of nitrogens with two attached hydrogens (primary N) is 1. The van der Waals surface area contributed by atoms with E-state index in [4.69, 9.17) is 20.8 Å². The number of ether oxygens (including phenoxy) is 1. The molecule has 0 bridgehead atoms.